The molecule has 0 rings (SSSR count). The third kappa shape index (κ3) is 18.2. The van der Waals surface area contributed by atoms with Crippen molar-refractivity contribution in [2.75, 3.05) is 6.61 Å². The molecule has 0 spiro atoms. The first-order valence-electron chi connectivity index (χ1n) is 11.5. The molecule has 1 N–H and O–H groups in total. The number of aliphatic hydroxyl groups excluding tert-OH is 1. The summed E-state index contributed by atoms with van der Waals surface area (Å²) in [7, 11) is 0. The molecule has 0 saturated heterocycles. The van der Waals surface area contributed by atoms with Gasteiger partial charge in [-0.2, -0.15) is 0 Å². The smallest absolute Gasteiger partial charge is 0.306 e. The maximum atomic E-state index is 12.1. The second-order valence-electron chi connectivity index (χ2n) is 7.76. The average Bonchev–Trinajstić information content (AvgIpc) is 2.64. The monoisotopic (exact) mass is 370 g/mol. The highest BCUT2D eigenvalue weighted by atomic mass is 16.5. The summed E-state index contributed by atoms with van der Waals surface area (Å²) in [5.74, 6) is -0.0371. The number of rotatable bonds is 20. The lowest BCUT2D eigenvalue weighted by Crippen LogP contribution is -2.18. The predicted octanol–water partition coefficient (Wildman–Crippen LogP) is 6.95. The Bertz CT molecular complexity index is 275. The topological polar surface area (TPSA) is 46.5 Å². The van der Waals surface area contributed by atoms with Gasteiger partial charge in [0.25, 0.3) is 0 Å². The third-order valence-electron chi connectivity index (χ3n) is 5.10. The van der Waals surface area contributed by atoms with Crippen LogP contribution in [0.3, 0.4) is 0 Å². The number of esters is 1. The molecule has 0 aliphatic rings. The Kier molecular flexibility index (Phi) is 20.3. The van der Waals surface area contributed by atoms with Gasteiger partial charge in [-0.3, -0.25) is 4.79 Å². The highest BCUT2D eigenvalue weighted by Gasteiger charge is 2.14. The Morgan fingerprint density at radius 2 is 1.15 bits per heavy atom. The molecule has 0 aromatic carbocycles. The minimum Gasteiger partial charge on any atom is -0.462 e. The summed E-state index contributed by atoms with van der Waals surface area (Å²) in [4.78, 5) is 12.1. The molecule has 0 aliphatic heterocycles. The maximum absolute atomic E-state index is 12.1. The molecule has 3 heteroatoms. The second kappa shape index (κ2) is 20.7. The molecule has 26 heavy (non-hydrogen) atoms. The van der Waals surface area contributed by atoms with Gasteiger partial charge in [-0.05, 0) is 38.5 Å². The van der Waals surface area contributed by atoms with Crippen LogP contribution in [0.1, 0.15) is 129 Å². The summed E-state index contributed by atoms with van der Waals surface area (Å²) in [5.41, 5.74) is 0. The van der Waals surface area contributed by atoms with E-state index >= 15 is 0 Å². The van der Waals surface area contributed by atoms with E-state index in [2.05, 4.69) is 13.8 Å². The van der Waals surface area contributed by atoms with Crippen molar-refractivity contribution in [1.29, 1.82) is 0 Å². The van der Waals surface area contributed by atoms with Gasteiger partial charge < -0.3 is 9.84 Å². The molecule has 0 aromatic rings. The lowest BCUT2D eigenvalue weighted by molar-refractivity contribution is -0.150. The Labute approximate surface area is 163 Å². The first-order chi connectivity index (χ1) is 12.7. The first-order valence-corrected chi connectivity index (χ1v) is 11.5. The van der Waals surface area contributed by atoms with E-state index in [1.165, 1.54) is 77.0 Å². The number of unbranched alkanes of at least 4 members (excludes halogenated alkanes) is 12. The van der Waals surface area contributed by atoms with Crippen LogP contribution in [0.4, 0.5) is 0 Å². The fraction of sp³-hybridized carbons (Fsp3) is 0.957. The molecule has 0 amide bonds. The molecule has 0 aliphatic carbocycles. The highest BCUT2D eigenvalue weighted by molar-refractivity contribution is 5.69. The van der Waals surface area contributed by atoms with Crippen LogP contribution in [0.15, 0.2) is 0 Å². The largest absolute Gasteiger partial charge is 0.462 e. The van der Waals surface area contributed by atoms with Crippen LogP contribution in [0.25, 0.3) is 0 Å². The number of carbonyl (C=O) groups is 1. The number of hydrogen-bond acceptors (Lipinski definition) is 3. The van der Waals surface area contributed by atoms with Gasteiger partial charge in [-0.1, -0.05) is 84.5 Å². The van der Waals surface area contributed by atoms with Crippen molar-refractivity contribution in [2.45, 2.75) is 136 Å². The van der Waals surface area contributed by atoms with Gasteiger partial charge in [0.15, 0.2) is 0 Å². The molecule has 0 aromatic heterocycles. The van der Waals surface area contributed by atoms with Gasteiger partial charge in [-0.25, -0.2) is 0 Å². The highest BCUT2D eigenvalue weighted by Crippen LogP contribution is 2.18. The Hall–Kier alpha value is -0.570. The SMILES string of the molecule is CCCCCCCCC(CCCCCCCC)OC(=O)CCCCCO. The van der Waals surface area contributed by atoms with E-state index < -0.39 is 0 Å². The van der Waals surface area contributed by atoms with Crippen LogP contribution in [-0.4, -0.2) is 23.8 Å². The number of carbonyl (C=O) groups excluding carboxylic acids is 1. The van der Waals surface area contributed by atoms with Crippen molar-refractivity contribution in [3.05, 3.63) is 0 Å². The zero-order chi connectivity index (χ0) is 19.3. The van der Waals surface area contributed by atoms with Crippen LogP contribution in [0.2, 0.25) is 0 Å². The van der Waals surface area contributed by atoms with E-state index in [1.54, 1.807) is 0 Å². The molecular formula is C23H46O3. The molecule has 156 valence electrons. The van der Waals surface area contributed by atoms with Gasteiger partial charge in [0.05, 0.1) is 0 Å². The van der Waals surface area contributed by atoms with Crippen LogP contribution in [0.5, 0.6) is 0 Å². The maximum Gasteiger partial charge on any atom is 0.306 e. The summed E-state index contributed by atoms with van der Waals surface area (Å²) >= 11 is 0. The van der Waals surface area contributed by atoms with Crippen LogP contribution >= 0.6 is 0 Å². The van der Waals surface area contributed by atoms with Crippen molar-refractivity contribution in [3.8, 4) is 0 Å². The molecular weight excluding hydrogens is 324 g/mol. The summed E-state index contributed by atoms with van der Waals surface area (Å²) in [5, 5.41) is 8.81. The minimum atomic E-state index is -0.0371. The van der Waals surface area contributed by atoms with Gasteiger partial charge in [0.1, 0.15) is 6.10 Å². The fourth-order valence-electron chi connectivity index (χ4n) is 3.37. The molecule has 0 radical (unpaired) electrons. The van der Waals surface area contributed by atoms with E-state index in [4.69, 9.17) is 9.84 Å². The normalized spacial score (nSPS) is 11.2. The van der Waals surface area contributed by atoms with Crippen LogP contribution < -0.4 is 0 Å². The van der Waals surface area contributed by atoms with Crippen LogP contribution in [-0.2, 0) is 9.53 Å². The van der Waals surface area contributed by atoms with E-state index in [0.717, 1.165) is 32.1 Å². The quantitative estimate of drug-likeness (QED) is 0.186. The van der Waals surface area contributed by atoms with E-state index in [0.29, 0.717) is 6.42 Å². The van der Waals surface area contributed by atoms with Gasteiger partial charge in [0, 0.05) is 13.0 Å². The zero-order valence-corrected chi connectivity index (χ0v) is 17.8. The summed E-state index contributed by atoms with van der Waals surface area (Å²) in [6.45, 7) is 4.71. The van der Waals surface area contributed by atoms with E-state index in [1.807, 2.05) is 0 Å². The van der Waals surface area contributed by atoms with Crippen molar-refractivity contribution in [2.24, 2.45) is 0 Å². The molecule has 3 nitrogen and oxygen atoms in total. The lowest BCUT2D eigenvalue weighted by Gasteiger charge is -2.18. The van der Waals surface area contributed by atoms with Gasteiger partial charge in [-0.15, -0.1) is 0 Å². The molecule has 0 saturated carbocycles. The molecule has 0 bridgehead atoms. The number of ether oxygens (including phenoxy) is 1. The third-order valence-corrected chi connectivity index (χ3v) is 5.10. The lowest BCUT2D eigenvalue weighted by atomic mass is 10.0. The Morgan fingerprint density at radius 1 is 0.692 bits per heavy atom. The Balaban J connectivity index is 3.99. The molecule has 0 atom stereocenters. The zero-order valence-electron chi connectivity index (χ0n) is 17.8. The molecule has 0 unspecified atom stereocenters. The average molecular weight is 371 g/mol. The van der Waals surface area contributed by atoms with Crippen LogP contribution in [0, 0.1) is 0 Å². The summed E-state index contributed by atoms with van der Waals surface area (Å²) in [6.07, 6.45) is 20.7. The van der Waals surface area contributed by atoms with Crippen molar-refractivity contribution < 1.29 is 14.6 Å². The van der Waals surface area contributed by atoms with Crippen molar-refractivity contribution in [3.63, 3.8) is 0 Å². The number of aliphatic hydroxyl groups is 1. The standard InChI is InChI=1S/C23H46O3/c1-3-5-7-9-11-14-18-22(19-15-12-10-8-6-4-2)26-23(25)20-16-13-17-21-24/h22,24H,3-21H2,1-2H3. The minimum absolute atomic E-state index is 0.0371. The Morgan fingerprint density at radius 3 is 1.65 bits per heavy atom. The van der Waals surface area contributed by atoms with Crippen molar-refractivity contribution >= 4 is 5.97 Å². The van der Waals surface area contributed by atoms with E-state index in [9.17, 15) is 4.79 Å². The van der Waals surface area contributed by atoms with Gasteiger partial charge >= 0.3 is 5.97 Å². The summed E-state index contributed by atoms with van der Waals surface area (Å²) in [6, 6.07) is 0. The van der Waals surface area contributed by atoms with E-state index in [-0.39, 0.29) is 18.7 Å². The molecule has 0 heterocycles. The second-order valence-corrected chi connectivity index (χ2v) is 7.76. The first kappa shape index (κ1) is 25.4. The number of hydrogen-bond donors (Lipinski definition) is 1. The van der Waals surface area contributed by atoms with Gasteiger partial charge in [0.2, 0.25) is 0 Å². The molecule has 0 fully saturated rings. The predicted molar refractivity (Wildman–Crippen MR) is 111 cm³/mol. The van der Waals surface area contributed by atoms with Crippen molar-refractivity contribution in [1.82, 2.24) is 0 Å². The summed E-state index contributed by atoms with van der Waals surface area (Å²) < 4.78 is 5.78. The fourth-order valence-corrected chi connectivity index (χ4v) is 3.37.